The zero-order valence-corrected chi connectivity index (χ0v) is 18.8. The van der Waals surface area contributed by atoms with Gasteiger partial charge in [-0.25, -0.2) is 4.39 Å². The summed E-state index contributed by atoms with van der Waals surface area (Å²) in [7, 11) is -3.91. The van der Waals surface area contributed by atoms with Crippen LogP contribution in [0, 0.1) is 5.82 Å². The molecule has 0 amide bonds. The predicted octanol–water partition coefficient (Wildman–Crippen LogP) is 3.94. The fraction of sp³-hybridized carbons (Fsp3) is 0.455. The highest BCUT2D eigenvalue weighted by molar-refractivity contribution is 7.86. The monoisotopic (exact) mass is 491 g/mol. The Morgan fingerprint density at radius 3 is 2.15 bits per heavy atom. The number of likely N-dealkylation sites (tertiary alicyclic amines) is 1. The molecule has 1 fully saturated rings. The van der Waals surface area contributed by atoms with Gasteiger partial charge in [0.1, 0.15) is 6.10 Å². The van der Waals surface area contributed by atoms with Gasteiger partial charge in [0, 0.05) is 19.1 Å². The highest BCUT2D eigenvalue weighted by atomic mass is 32.2. The van der Waals surface area contributed by atoms with Gasteiger partial charge in [0.15, 0.2) is 11.6 Å². The van der Waals surface area contributed by atoms with Gasteiger partial charge in [-0.1, -0.05) is 18.2 Å². The number of rotatable bonds is 6. The fourth-order valence-corrected chi connectivity index (χ4v) is 4.70. The SMILES string of the molecule is C[C@H]([C@H](OS(C)(=O)=O)c1ccc(O)c(F)c1)N1CCC(O)(c2ccc(C(F)(F)F)cc2)CC1. The fourth-order valence-electron chi connectivity index (χ4n) is 4.05. The average molecular weight is 492 g/mol. The summed E-state index contributed by atoms with van der Waals surface area (Å²) >= 11 is 0. The topological polar surface area (TPSA) is 87.1 Å². The number of hydrogen-bond acceptors (Lipinski definition) is 6. The molecular weight excluding hydrogens is 466 g/mol. The van der Waals surface area contributed by atoms with E-state index >= 15 is 0 Å². The van der Waals surface area contributed by atoms with Crippen LogP contribution in [0.25, 0.3) is 0 Å². The third-order valence-electron chi connectivity index (χ3n) is 5.97. The van der Waals surface area contributed by atoms with Gasteiger partial charge in [0.25, 0.3) is 10.1 Å². The summed E-state index contributed by atoms with van der Waals surface area (Å²) < 4.78 is 81.2. The van der Waals surface area contributed by atoms with Crippen molar-refractivity contribution in [2.24, 2.45) is 0 Å². The summed E-state index contributed by atoms with van der Waals surface area (Å²) in [6, 6.07) is 7.30. The van der Waals surface area contributed by atoms with E-state index in [4.69, 9.17) is 4.18 Å². The molecular formula is C22H25F4NO5S. The van der Waals surface area contributed by atoms with Crippen LogP contribution >= 0.6 is 0 Å². The highest BCUT2D eigenvalue weighted by Crippen LogP contribution is 2.38. The van der Waals surface area contributed by atoms with Crippen LogP contribution in [0.4, 0.5) is 17.6 Å². The van der Waals surface area contributed by atoms with Gasteiger partial charge >= 0.3 is 6.18 Å². The second-order valence-corrected chi connectivity index (χ2v) is 9.92. The number of aliphatic hydroxyl groups is 1. The van der Waals surface area contributed by atoms with Crippen molar-refractivity contribution in [3.05, 3.63) is 65.0 Å². The molecule has 1 aliphatic heterocycles. The van der Waals surface area contributed by atoms with E-state index in [9.17, 15) is 36.2 Å². The van der Waals surface area contributed by atoms with E-state index in [2.05, 4.69) is 0 Å². The lowest BCUT2D eigenvalue weighted by atomic mass is 9.83. The Balaban J connectivity index is 1.77. The van der Waals surface area contributed by atoms with Crippen molar-refractivity contribution in [1.82, 2.24) is 4.90 Å². The van der Waals surface area contributed by atoms with Crippen LogP contribution < -0.4 is 0 Å². The predicted molar refractivity (Wildman–Crippen MR) is 112 cm³/mol. The Morgan fingerprint density at radius 1 is 1.09 bits per heavy atom. The summed E-state index contributed by atoms with van der Waals surface area (Å²) in [5.74, 6) is -1.50. The van der Waals surface area contributed by atoms with Gasteiger partial charge in [-0.2, -0.15) is 21.6 Å². The van der Waals surface area contributed by atoms with Gasteiger partial charge in [-0.05, 0) is 55.2 Å². The van der Waals surface area contributed by atoms with Gasteiger partial charge in [-0.15, -0.1) is 0 Å². The van der Waals surface area contributed by atoms with Crippen LogP contribution in [0.5, 0.6) is 5.75 Å². The van der Waals surface area contributed by atoms with Crippen molar-refractivity contribution in [3.63, 3.8) is 0 Å². The number of aromatic hydroxyl groups is 1. The molecule has 6 nitrogen and oxygen atoms in total. The standard InChI is InChI=1S/C22H25F4NO5S/c1-14(20(32-33(2,30)31)15-3-8-19(28)18(23)13-15)27-11-9-21(29,10-12-27)16-4-6-17(7-5-16)22(24,25)26/h3-8,13-14,20,28-29H,9-12H2,1-2H3/t14-,20+/m1/s1. The second-order valence-electron chi connectivity index (χ2n) is 8.32. The summed E-state index contributed by atoms with van der Waals surface area (Å²) in [4.78, 5) is 1.86. The summed E-state index contributed by atoms with van der Waals surface area (Å²) in [6.07, 6.45) is -4.28. The van der Waals surface area contributed by atoms with Gasteiger partial charge < -0.3 is 10.2 Å². The molecule has 1 aliphatic rings. The third-order valence-corrected chi connectivity index (χ3v) is 6.52. The minimum absolute atomic E-state index is 0.193. The molecule has 0 aliphatic carbocycles. The molecule has 3 rings (SSSR count). The highest BCUT2D eigenvalue weighted by Gasteiger charge is 2.39. The first-order valence-corrected chi connectivity index (χ1v) is 12.0. The third kappa shape index (κ3) is 6.03. The van der Waals surface area contributed by atoms with Crippen LogP contribution in [0.15, 0.2) is 42.5 Å². The molecule has 1 saturated heterocycles. The Hall–Kier alpha value is -2.21. The molecule has 0 aromatic heterocycles. The summed E-state index contributed by atoms with van der Waals surface area (Å²) in [6.45, 7) is 2.29. The average Bonchev–Trinajstić information content (AvgIpc) is 2.73. The van der Waals surface area contributed by atoms with E-state index in [0.717, 1.165) is 30.5 Å². The Labute approximate surface area is 189 Å². The first-order chi connectivity index (χ1) is 15.2. The molecule has 0 unspecified atom stereocenters. The number of halogens is 4. The van der Waals surface area contributed by atoms with E-state index in [0.29, 0.717) is 18.7 Å². The van der Waals surface area contributed by atoms with Crippen molar-refractivity contribution >= 4 is 10.1 Å². The molecule has 0 saturated carbocycles. The van der Waals surface area contributed by atoms with Crippen LogP contribution in [0.2, 0.25) is 0 Å². The molecule has 0 bridgehead atoms. The smallest absolute Gasteiger partial charge is 0.416 e. The number of benzene rings is 2. The maximum Gasteiger partial charge on any atom is 0.416 e. The summed E-state index contributed by atoms with van der Waals surface area (Å²) in [5, 5.41) is 20.5. The molecule has 2 atom stereocenters. The van der Waals surface area contributed by atoms with Gasteiger partial charge in [0.05, 0.1) is 17.4 Å². The number of phenolic OH excluding ortho intramolecular Hbond substituents is 1. The molecule has 11 heteroatoms. The van der Waals surface area contributed by atoms with Crippen molar-refractivity contribution < 1.29 is 40.4 Å². The van der Waals surface area contributed by atoms with Crippen molar-refractivity contribution in [1.29, 1.82) is 0 Å². The lowest BCUT2D eigenvalue weighted by Crippen LogP contribution is -2.48. The number of phenols is 1. The Kier molecular flexibility index (Phi) is 7.09. The van der Waals surface area contributed by atoms with Gasteiger partial charge in [-0.3, -0.25) is 9.08 Å². The largest absolute Gasteiger partial charge is 0.505 e. The molecule has 33 heavy (non-hydrogen) atoms. The van der Waals surface area contributed by atoms with E-state index < -0.39 is 51.2 Å². The van der Waals surface area contributed by atoms with Crippen LogP contribution in [-0.4, -0.2) is 48.9 Å². The maximum atomic E-state index is 13.9. The molecule has 182 valence electrons. The zero-order chi connectivity index (χ0) is 24.6. The van der Waals surface area contributed by atoms with Crippen molar-refractivity contribution in [2.45, 2.75) is 43.7 Å². The molecule has 0 spiro atoms. The van der Waals surface area contributed by atoms with Crippen molar-refractivity contribution in [3.8, 4) is 5.75 Å². The normalized spacial score (nSPS) is 19.2. The minimum atomic E-state index is -4.47. The van der Waals surface area contributed by atoms with E-state index in [1.54, 1.807) is 6.92 Å². The van der Waals surface area contributed by atoms with Crippen molar-refractivity contribution in [2.75, 3.05) is 19.3 Å². The second kappa shape index (κ2) is 9.21. The lowest BCUT2D eigenvalue weighted by molar-refractivity contribution is -0.137. The molecule has 2 aromatic rings. The lowest BCUT2D eigenvalue weighted by Gasteiger charge is -2.42. The first-order valence-electron chi connectivity index (χ1n) is 10.2. The first kappa shape index (κ1) is 25.4. The van der Waals surface area contributed by atoms with E-state index in [1.807, 2.05) is 4.90 Å². The molecule has 1 heterocycles. The molecule has 2 N–H and O–H groups in total. The van der Waals surface area contributed by atoms with Crippen LogP contribution in [0.3, 0.4) is 0 Å². The van der Waals surface area contributed by atoms with Crippen LogP contribution in [0.1, 0.15) is 42.6 Å². The Morgan fingerprint density at radius 2 is 1.67 bits per heavy atom. The maximum absolute atomic E-state index is 13.9. The summed E-state index contributed by atoms with van der Waals surface area (Å²) in [5.41, 5.74) is -1.56. The minimum Gasteiger partial charge on any atom is -0.505 e. The Bertz CT molecular complexity index is 1080. The molecule has 0 radical (unpaired) electrons. The number of piperidine rings is 1. The number of hydrogen-bond donors (Lipinski definition) is 2. The molecule has 2 aromatic carbocycles. The van der Waals surface area contributed by atoms with E-state index in [1.165, 1.54) is 18.2 Å². The number of alkyl halides is 3. The van der Waals surface area contributed by atoms with Gasteiger partial charge in [0.2, 0.25) is 0 Å². The zero-order valence-electron chi connectivity index (χ0n) is 18.0. The van der Waals surface area contributed by atoms with E-state index in [-0.39, 0.29) is 18.4 Å². The number of nitrogens with zero attached hydrogens (tertiary/aromatic N) is 1. The quantitative estimate of drug-likeness (QED) is 0.470. The van der Waals surface area contributed by atoms with Crippen LogP contribution in [-0.2, 0) is 26.1 Å².